The number of alkyl halides is 4. The van der Waals surface area contributed by atoms with E-state index in [4.69, 9.17) is 11.8 Å². The smallest absolute Gasteiger partial charge is 0.299 e. The molecule has 0 saturated carbocycles. The number of anilines is 1. The zero-order chi connectivity index (χ0) is 10.8. The molecule has 0 radical (unpaired) electrons. The maximum atomic E-state index is 12.7. The summed E-state index contributed by atoms with van der Waals surface area (Å²) in [5.74, 6) is -4.12. The van der Waals surface area contributed by atoms with E-state index in [1.54, 1.807) is 0 Å². The van der Waals surface area contributed by atoms with Crippen LogP contribution in [0.15, 0.2) is 24.3 Å². The number of halogens is 5. The molecule has 1 aromatic rings. The molecular formula is C8H6ClF4N. The molecule has 0 aliphatic carbocycles. The Kier molecular flexibility index (Phi) is 3.21. The van der Waals surface area contributed by atoms with E-state index in [1.165, 1.54) is 12.1 Å². The van der Waals surface area contributed by atoms with E-state index >= 15 is 0 Å². The number of hydrogen-bond acceptors (Lipinski definition) is 1. The quantitative estimate of drug-likeness (QED) is 0.614. The van der Waals surface area contributed by atoms with Crippen molar-refractivity contribution in [2.24, 2.45) is 0 Å². The summed E-state index contributed by atoms with van der Waals surface area (Å²) in [6.45, 7) is 0. The Bertz CT molecular complexity index is 299. The first kappa shape index (κ1) is 11.1. The third-order valence-electron chi connectivity index (χ3n) is 1.65. The summed E-state index contributed by atoms with van der Waals surface area (Å²) in [5.41, 5.74) is -0.372. The van der Waals surface area contributed by atoms with Crippen LogP contribution in [-0.4, -0.2) is 6.43 Å². The van der Waals surface area contributed by atoms with E-state index < -0.39 is 17.9 Å². The molecule has 0 bridgehead atoms. The molecule has 0 atom stereocenters. The van der Waals surface area contributed by atoms with Gasteiger partial charge in [-0.3, -0.25) is 4.84 Å². The Balaban J connectivity index is 2.97. The van der Waals surface area contributed by atoms with Crippen molar-refractivity contribution in [3.8, 4) is 0 Å². The maximum absolute atomic E-state index is 12.7. The number of hydrogen-bond donors (Lipinski definition) is 1. The van der Waals surface area contributed by atoms with E-state index in [0.29, 0.717) is 5.69 Å². The van der Waals surface area contributed by atoms with Gasteiger partial charge in [-0.05, 0) is 12.1 Å². The predicted octanol–water partition coefficient (Wildman–Crippen LogP) is 3.61. The molecule has 1 nitrogen and oxygen atoms in total. The van der Waals surface area contributed by atoms with Crippen LogP contribution in [0.25, 0.3) is 0 Å². The summed E-state index contributed by atoms with van der Waals surface area (Å²) in [4.78, 5) is 2.17. The zero-order valence-electron chi connectivity index (χ0n) is 6.78. The van der Waals surface area contributed by atoms with Crippen LogP contribution in [-0.2, 0) is 5.92 Å². The van der Waals surface area contributed by atoms with Crippen molar-refractivity contribution in [2.75, 3.05) is 4.84 Å². The van der Waals surface area contributed by atoms with Crippen molar-refractivity contribution in [3.05, 3.63) is 29.8 Å². The Morgan fingerprint density at radius 1 is 1.14 bits per heavy atom. The molecule has 0 heterocycles. The highest BCUT2D eigenvalue weighted by molar-refractivity contribution is 6.23. The third-order valence-corrected chi connectivity index (χ3v) is 1.87. The van der Waals surface area contributed by atoms with Gasteiger partial charge in [-0.2, -0.15) is 8.78 Å². The van der Waals surface area contributed by atoms with Gasteiger partial charge in [0.1, 0.15) is 0 Å². The fourth-order valence-electron chi connectivity index (χ4n) is 0.881. The van der Waals surface area contributed by atoms with Crippen LogP contribution in [0, 0.1) is 0 Å². The third kappa shape index (κ3) is 2.09. The molecule has 0 saturated heterocycles. The van der Waals surface area contributed by atoms with Crippen molar-refractivity contribution in [3.63, 3.8) is 0 Å². The topological polar surface area (TPSA) is 12.0 Å². The average molecular weight is 228 g/mol. The van der Waals surface area contributed by atoms with Crippen LogP contribution in [0.2, 0.25) is 0 Å². The molecular weight excluding hydrogens is 222 g/mol. The van der Waals surface area contributed by atoms with E-state index in [2.05, 4.69) is 4.84 Å². The van der Waals surface area contributed by atoms with Gasteiger partial charge in [0.25, 0.3) is 0 Å². The minimum atomic E-state index is -4.12. The molecule has 78 valence electrons. The summed E-state index contributed by atoms with van der Waals surface area (Å²) >= 11 is 5.17. The van der Waals surface area contributed by atoms with Gasteiger partial charge in [0.2, 0.25) is 0 Å². The Morgan fingerprint density at radius 2 is 1.64 bits per heavy atom. The van der Waals surface area contributed by atoms with Crippen LogP contribution in [0.5, 0.6) is 0 Å². The van der Waals surface area contributed by atoms with E-state index in [9.17, 15) is 17.6 Å². The van der Waals surface area contributed by atoms with Crippen LogP contribution in [0.3, 0.4) is 0 Å². The second-order valence-corrected chi connectivity index (χ2v) is 2.78. The van der Waals surface area contributed by atoms with Gasteiger partial charge in [0.05, 0.1) is 0 Å². The first-order valence-corrected chi connectivity index (χ1v) is 3.99. The van der Waals surface area contributed by atoms with Crippen molar-refractivity contribution < 1.29 is 17.6 Å². The van der Waals surface area contributed by atoms with Gasteiger partial charge in [-0.1, -0.05) is 12.1 Å². The van der Waals surface area contributed by atoms with E-state index in [-0.39, 0.29) is 0 Å². The normalized spacial score (nSPS) is 11.9. The molecule has 0 spiro atoms. The largest absolute Gasteiger partial charge is 0.332 e. The maximum Gasteiger partial charge on any atom is 0.332 e. The average Bonchev–Trinajstić information content (AvgIpc) is 2.17. The molecule has 0 aliphatic heterocycles. The van der Waals surface area contributed by atoms with Crippen molar-refractivity contribution >= 4 is 17.5 Å². The second-order valence-electron chi connectivity index (χ2n) is 2.60. The molecule has 1 aromatic carbocycles. The molecule has 1 N–H and O–H groups in total. The van der Waals surface area contributed by atoms with Crippen LogP contribution in [0.4, 0.5) is 23.2 Å². The fraction of sp³-hybridized carbons (Fsp3) is 0.250. The van der Waals surface area contributed by atoms with E-state index in [0.717, 1.165) is 12.1 Å². The highest BCUT2D eigenvalue weighted by Gasteiger charge is 2.42. The highest BCUT2D eigenvalue weighted by Crippen LogP contribution is 2.34. The minimum Gasteiger partial charge on any atom is -0.299 e. The highest BCUT2D eigenvalue weighted by atomic mass is 35.5. The Morgan fingerprint density at radius 3 is 2.00 bits per heavy atom. The minimum absolute atomic E-state index is 0.362. The van der Waals surface area contributed by atoms with Gasteiger partial charge in [-0.25, -0.2) is 8.78 Å². The molecule has 0 amide bonds. The fourth-order valence-corrected chi connectivity index (χ4v) is 1.01. The van der Waals surface area contributed by atoms with Crippen LogP contribution in [0.1, 0.15) is 5.56 Å². The monoisotopic (exact) mass is 227 g/mol. The summed E-state index contributed by atoms with van der Waals surface area (Å²) in [6, 6.07) is 4.19. The molecule has 1 rings (SSSR count). The van der Waals surface area contributed by atoms with Gasteiger partial charge in [0.15, 0.2) is 0 Å². The summed E-state index contributed by atoms with van der Waals surface area (Å²) in [5, 5.41) is 0. The lowest BCUT2D eigenvalue weighted by Crippen LogP contribution is -2.23. The molecule has 0 fully saturated rings. The molecule has 0 aromatic heterocycles. The molecule has 6 heteroatoms. The van der Waals surface area contributed by atoms with Crippen LogP contribution < -0.4 is 4.84 Å². The van der Waals surface area contributed by atoms with Crippen molar-refractivity contribution in [1.82, 2.24) is 0 Å². The Labute approximate surface area is 82.8 Å². The molecule has 0 aliphatic rings. The van der Waals surface area contributed by atoms with E-state index in [1.807, 2.05) is 0 Å². The second kappa shape index (κ2) is 4.04. The van der Waals surface area contributed by atoms with Gasteiger partial charge < -0.3 is 0 Å². The van der Waals surface area contributed by atoms with Crippen molar-refractivity contribution in [1.29, 1.82) is 0 Å². The van der Waals surface area contributed by atoms with Gasteiger partial charge in [-0.15, -0.1) is 0 Å². The first-order valence-electron chi connectivity index (χ1n) is 3.61. The first-order chi connectivity index (χ1) is 6.48. The molecule has 0 unspecified atom stereocenters. The summed E-state index contributed by atoms with van der Waals surface area (Å²) in [7, 11) is 0. The SMILES string of the molecule is FC(F)C(F)(F)c1ccc(NCl)cc1. The molecule has 14 heavy (non-hydrogen) atoms. The predicted molar refractivity (Wildman–Crippen MR) is 45.8 cm³/mol. The lowest BCUT2D eigenvalue weighted by Gasteiger charge is -2.15. The summed E-state index contributed by atoms with van der Waals surface area (Å²) in [6.07, 6.45) is -3.71. The lowest BCUT2D eigenvalue weighted by molar-refractivity contribution is -0.135. The van der Waals surface area contributed by atoms with Crippen molar-refractivity contribution in [2.45, 2.75) is 12.3 Å². The Hall–Kier alpha value is -0.970. The number of nitrogens with one attached hydrogen (secondary N) is 1. The van der Waals surface area contributed by atoms with Gasteiger partial charge >= 0.3 is 12.3 Å². The standard InChI is InChI=1S/C8H6ClF4N/c9-14-6-3-1-5(2-4-6)8(12,13)7(10)11/h1-4,7,14H. The number of benzene rings is 1. The lowest BCUT2D eigenvalue weighted by atomic mass is 10.1. The summed E-state index contributed by atoms with van der Waals surface area (Å²) < 4.78 is 49.2. The number of rotatable bonds is 3. The van der Waals surface area contributed by atoms with Crippen LogP contribution >= 0.6 is 11.8 Å². The van der Waals surface area contributed by atoms with Gasteiger partial charge in [0, 0.05) is 23.0 Å². The zero-order valence-corrected chi connectivity index (χ0v) is 7.53.